The molecule has 0 spiro atoms. The highest BCUT2D eigenvalue weighted by atomic mass is 14.3. The van der Waals surface area contributed by atoms with Crippen molar-refractivity contribution in [3.05, 3.63) is 0 Å². The largest absolute Gasteiger partial charge is 0.0533 e. The van der Waals surface area contributed by atoms with Crippen molar-refractivity contribution in [3.63, 3.8) is 0 Å². The first kappa shape index (κ1) is 25.3. The van der Waals surface area contributed by atoms with Crippen LogP contribution < -0.4 is 0 Å². The Bertz CT molecular complexity index is 303. The maximum atomic E-state index is 1.56. The molecule has 0 amide bonds. The SMILES string of the molecule is C1CCCCCCCC(C2CCCCCCCCCCCC2)CCCCCCC1. The third kappa shape index (κ3) is 13.8. The van der Waals surface area contributed by atoms with Crippen LogP contribution in [0.25, 0.3) is 0 Å². The van der Waals surface area contributed by atoms with Gasteiger partial charge in [0.05, 0.1) is 0 Å². The van der Waals surface area contributed by atoms with Gasteiger partial charge in [0.25, 0.3) is 0 Å². The Labute approximate surface area is 185 Å². The summed E-state index contributed by atoms with van der Waals surface area (Å²) in [5.74, 6) is 2.13. The molecule has 0 aromatic rings. The Morgan fingerprint density at radius 2 is 0.310 bits per heavy atom. The molecule has 0 saturated heterocycles. The quantitative estimate of drug-likeness (QED) is 0.407. The minimum atomic E-state index is 1.06. The van der Waals surface area contributed by atoms with E-state index in [-0.39, 0.29) is 0 Å². The Morgan fingerprint density at radius 1 is 0.172 bits per heavy atom. The van der Waals surface area contributed by atoms with Gasteiger partial charge in [-0.2, -0.15) is 0 Å². The summed E-state index contributed by atoms with van der Waals surface area (Å²) in [6, 6.07) is 0. The van der Waals surface area contributed by atoms with Crippen LogP contribution in [-0.4, -0.2) is 0 Å². The second kappa shape index (κ2) is 18.7. The van der Waals surface area contributed by atoms with Gasteiger partial charge in [-0.3, -0.25) is 0 Å². The molecule has 0 unspecified atom stereocenters. The van der Waals surface area contributed by atoms with E-state index < -0.39 is 0 Å². The van der Waals surface area contributed by atoms with Crippen molar-refractivity contribution < 1.29 is 0 Å². The van der Waals surface area contributed by atoms with Crippen molar-refractivity contribution in [2.24, 2.45) is 11.8 Å². The molecule has 0 heteroatoms. The highest BCUT2D eigenvalue weighted by Gasteiger charge is 2.20. The highest BCUT2D eigenvalue weighted by molar-refractivity contribution is 4.72. The molecule has 0 N–H and O–H groups in total. The molecule has 0 aromatic carbocycles. The minimum absolute atomic E-state index is 1.06. The fourth-order valence-corrected chi connectivity index (χ4v) is 6.22. The standard InChI is InChI=1S/C29H56/c1-2-4-8-12-16-20-24-28(25-21-17-13-9-5-3-1)29-26-22-18-14-10-6-7-11-15-19-23-27-29/h28-29H,1-27H2. The van der Waals surface area contributed by atoms with Crippen molar-refractivity contribution in [3.8, 4) is 0 Å². The summed E-state index contributed by atoms with van der Waals surface area (Å²) in [4.78, 5) is 0. The van der Waals surface area contributed by atoms with Crippen LogP contribution in [0.4, 0.5) is 0 Å². The minimum Gasteiger partial charge on any atom is -0.0533 e. The van der Waals surface area contributed by atoms with E-state index in [4.69, 9.17) is 0 Å². The average molecular weight is 405 g/mol. The van der Waals surface area contributed by atoms with Gasteiger partial charge in [0.2, 0.25) is 0 Å². The molecule has 0 heterocycles. The average Bonchev–Trinajstić information content (AvgIpc) is 2.75. The Hall–Kier alpha value is 0. The smallest absolute Gasteiger partial charge is 0.0386 e. The normalized spacial score (nSPS) is 26.1. The molecule has 0 bridgehead atoms. The summed E-state index contributed by atoms with van der Waals surface area (Å²) in [5, 5.41) is 0. The monoisotopic (exact) mass is 404 g/mol. The first-order valence-corrected chi connectivity index (χ1v) is 14.5. The maximum absolute atomic E-state index is 1.56. The van der Waals surface area contributed by atoms with E-state index in [1.807, 2.05) is 0 Å². The number of hydrogen-bond acceptors (Lipinski definition) is 0. The molecule has 29 heavy (non-hydrogen) atoms. The fourth-order valence-electron chi connectivity index (χ4n) is 6.22. The summed E-state index contributed by atoms with van der Waals surface area (Å²) < 4.78 is 0. The number of rotatable bonds is 1. The summed E-state index contributed by atoms with van der Waals surface area (Å²) in [6.07, 6.45) is 41.0. The van der Waals surface area contributed by atoms with Gasteiger partial charge in [-0.05, 0) is 11.8 Å². The van der Waals surface area contributed by atoms with Gasteiger partial charge in [0, 0.05) is 0 Å². The van der Waals surface area contributed by atoms with E-state index in [1.54, 1.807) is 25.7 Å². The molecular formula is C29H56. The molecule has 2 aliphatic rings. The summed E-state index contributed by atoms with van der Waals surface area (Å²) in [5.41, 5.74) is 0. The van der Waals surface area contributed by atoms with Gasteiger partial charge in [-0.25, -0.2) is 0 Å². The molecule has 172 valence electrons. The zero-order valence-corrected chi connectivity index (χ0v) is 20.2. The van der Waals surface area contributed by atoms with Crippen molar-refractivity contribution in [2.45, 2.75) is 173 Å². The zero-order chi connectivity index (χ0) is 20.2. The topological polar surface area (TPSA) is 0 Å². The third-order valence-electron chi connectivity index (χ3n) is 8.22. The van der Waals surface area contributed by atoms with Crippen molar-refractivity contribution in [2.75, 3.05) is 0 Å². The lowest BCUT2D eigenvalue weighted by atomic mass is 9.78. The summed E-state index contributed by atoms with van der Waals surface area (Å²) in [7, 11) is 0. The van der Waals surface area contributed by atoms with Crippen LogP contribution >= 0.6 is 0 Å². The molecule has 0 atom stereocenters. The van der Waals surface area contributed by atoms with Gasteiger partial charge in [-0.15, -0.1) is 0 Å². The Morgan fingerprint density at radius 3 is 0.483 bits per heavy atom. The molecule has 2 saturated carbocycles. The zero-order valence-electron chi connectivity index (χ0n) is 20.2. The van der Waals surface area contributed by atoms with Gasteiger partial charge < -0.3 is 0 Å². The second-order valence-corrected chi connectivity index (χ2v) is 10.8. The molecule has 0 nitrogen and oxygen atoms in total. The Kier molecular flexibility index (Phi) is 16.3. The highest BCUT2D eigenvalue weighted by Crippen LogP contribution is 2.34. The fraction of sp³-hybridized carbons (Fsp3) is 1.00. The van der Waals surface area contributed by atoms with E-state index in [2.05, 4.69) is 0 Å². The van der Waals surface area contributed by atoms with Crippen LogP contribution in [-0.2, 0) is 0 Å². The van der Waals surface area contributed by atoms with E-state index in [0.717, 1.165) is 11.8 Å². The molecule has 0 radical (unpaired) electrons. The predicted octanol–water partition coefficient (Wildman–Crippen LogP) is 10.8. The van der Waals surface area contributed by atoms with Gasteiger partial charge in [0.1, 0.15) is 0 Å². The lowest BCUT2D eigenvalue weighted by molar-refractivity contribution is 0.237. The van der Waals surface area contributed by atoms with Crippen LogP contribution in [0.1, 0.15) is 173 Å². The molecule has 2 rings (SSSR count). The lowest BCUT2D eigenvalue weighted by Gasteiger charge is -2.28. The first-order valence-electron chi connectivity index (χ1n) is 14.5. The van der Waals surface area contributed by atoms with E-state index >= 15 is 0 Å². The maximum Gasteiger partial charge on any atom is -0.0386 e. The summed E-state index contributed by atoms with van der Waals surface area (Å²) >= 11 is 0. The van der Waals surface area contributed by atoms with E-state index in [9.17, 15) is 0 Å². The molecule has 2 fully saturated rings. The summed E-state index contributed by atoms with van der Waals surface area (Å²) in [6.45, 7) is 0. The van der Waals surface area contributed by atoms with Crippen molar-refractivity contribution in [1.29, 1.82) is 0 Å². The Balaban J connectivity index is 1.82. The first-order chi connectivity index (χ1) is 14.5. The van der Waals surface area contributed by atoms with Gasteiger partial charge >= 0.3 is 0 Å². The van der Waals surface area contributed by atoms with Crippen molar-refractivity contribution in [1.82, 2.24) is 0 Å². The van der Waals surface area contributed by atoms with E-state index in [0.29, 0.717) is 0 Å². The van der Waals surface area contributed by atoms with Crippen LogP contribution in [0.3, 0.4) is 0 Å². The van der Waals surface area contributed by atoms with Crippen LogP contribution in [0.2, 0.25) is 0 Å². The van der Waals surface area contributed by atoms with Crippen LogP contribution in [0.5, 0.6) is 0 Å². The lowest BCUT2D eigenvalue weighted by Crippen LogP contribution is -2.16. The van der Waals surface area contributed by atoms with Crippen LogP contribution in [0.15, 0.2) is 0 Å². The van der Waals surface area contributed by atoms with E-state index in [1.165, 1.54) is 148 Å². The molecular weight excluding hydrogens is 348 g/mol. The predicted molar refractivity (Wildman–Crippen MR) is 132 cm³/mol. The number of hydrogen-bond donors (Lipinski definition) is 0. The van der Waals surface area contributed by atoms with Crippen molar-refractivity contribution >= 4 is 0 Å². The molecule has 0 aromatic heterocycles. The third-order valence-corrected chi connectivity index (χ3v) is 8.22. The molecule has 2 aliphatic carbocycles. The van der Waals surface area contributed by atoms with Crippen LogP contribution in [0, 0.1) is 11.8 Å². The van der Waals surface area contributed by atoms with Gasteiger partial charge in [0.15, 0.2) is 0 Å². The second-order valence-electron chi connectivity index (χ2n) is 10.8. The molecule has 0 aliphatic heterocycles. The van der Waals surface area contributed by atoms with Gasteiger partial charge in [-0.1, -0.05) is 173 Å².